The van der Waals surface area contributed by atoms with Crippen LogP contribution in [0.25, 0.3) is 0 Å². The summed E-state index contributed by atoms with van der Waals surface area (Å²) in [5.74, 6) is -1.32. The third-order valence-corrected chi connectivity index (χ3v) is 7.05. The first-order chi connectivity index (χ1) is 14.7. The summed E-state index contributed by atoms with van der Waals surface area (Å²) in [6.07, 6.45) is -0.645. The minimum Gasteiger partial charge on any atom is -0.391 e. The van der Waals surface area contributed by atoms with E-state index in [1.807, 2.05) is 0 Å². The Labute approximate surface area is 183 Å². The van der Waals surface area contributed by atoms with Crippen LogP contribution >= 0.6 is 11.6 Å². The van der Waals surface area contributed by atoms with Gasteiger partial charge in [-0.15, -0.1) is 0 Å². The van der Waals surface area contributed by atoms with Gasteiger partial charge in [-0.2, -0.15) is 4.31 Å². The van der Waals surface area contributed by atoms with E-state index in [0.717, 1.165) is 16.4 Å². The largest absolute Gasteiger partial charge is 0.391 e. The SMILES string of the molecule is O=C(Nc1ccc(F)c(Cl)c1)c1ccc(CF)c(S(=O)(=O)N2CCOCC(O)CC2)c1. The summed E-state index contributed by atoms with van der Waals surface area (Å²) < 4.78 is 59.6. The first kappa shape index (κ1) is 23.6. The lowest BCUT2D eigenvalue weighted by Gasteiger charge is -2.27. The third kappa shape index (κ3) is 5.58. The van der Waals surface area contributed by atoms with Crippen molar-refractivity contribution in [3.63, 3.8) is 0 Å². The molecule has 1 aliphatic rings. The van der Waals surface area contributed by atoms with E-state index in [4.69, 9.17) is 16.3 Å². The van der Waals surface area contributed by atoms with Gasteiger partial charge < -0.3 is 15.2 Å². The summed E-state index contributed by atoms with van der Waals surface area (Å²) >= 11 is 5.71. The Morgan fingerprint density at radius 3 is 2.74 bits per heavy atom. The molecule has 2 N–H and O–H groups in total. The van der Waals surface area contributed by atoms with Crippen molar-refractivity contribution >= 4 is 33.2 Å². The minimum absolute atomic E-state index is 0.0282. The van der Waals surface area contributed by atoms with Gasteiger partial charge in [0.1, 0.15) is 12.5 Å². The number of rotatable bonds is 5. The van der Waals surface area contributed by atoms with Gasteiger partial charge in [0.15, 0.2) is 0 Å². The van der Waals surface area contributed by atoms with Gasteiger partial charge in [-0.3, -0.25) is 4.79 Å². The number of aliphatic hydroxyl groups excluding tert-OH is 1. The number of carbonyl (C=O) groups excluding carboxylic acids is 1. The molecule has 11 heteroatoms. The maximum absolute atomic E-state index is 13.6. The first-order valence-corrected chi connectivity index (χ1v) is 11.3. The van der Waals surface area contributed by atoms with Crippen LogP contribution in [0.3, 0.4) is 0 Å². The van der Waals surface area contributed by atoms with Crippen LogP contribution in [-0.2, 0) is 21.4 Å². The minimum atomic E-state index is -4.16. The van der Waals surface area contributed by atoms with Gasteiger partial charge in [-0.25, -0.2) is 17.2 Å². The summed E-state index contributed by atoms with van der Waals surface area (Å²) in [4.78, 5) is 12.3. The molecule has 168 valence electrons. The van der Waals surface area contributed by atoms with Gasteiger partial charge in [0, 0.05) is 29.9 Å². The fourth-order valence-electron chi connectivity index (χ4n) is 3.08. The maximum atomic E-state index is 13.6. The monoisotopic (exact) mass is 474 g/mol. The average Bonchev–Trinajstić information content (AvgIpc) is 2.73. The van der Waals surface area contributed by atoms with Crippen molar-refractivity contribution in [2.24, 2.45) is 0 Å². The Morgan fingerprint density at radius 1 is 1.26 bits per heavy atom. The predicted molar refractivity (Wildman–Crippen MR) is 111 cm³/mol. The highest BCUT2D eigenvalue weighted by Crippen LogP contribution is 2.25. The number of anilines is 1. The van der Waals surface area contributed by atoms with E-state index in [9.17, 15) is 27.1 Å². The molecule has 2 aromatic carbocycles. The number of sulfonamides is 1. The van der Waals surface area contributed by atoms with Crippen LogP contribution < -0.4 is 5.32 Å². The second-order valence-electron chi connectivity index (χ2n) is 6.96. The number of alkyl halides is 1. The molecule has 0 bridgehead atoms. The normalized spacial score (nSPS) is 18.3. The van der Waals surface area contributed by atoms with E-state index in [2.05, 4.69) is 5.32 Å². The van der Waals surface area contributed by atoms with E-state index >= 15 is 0 Å². The topological polar surface area (TPSA) is 95.9 Å². The van der Waals surface area contributed by atoms with Crippen LogP contribution in [0.1, 0.15) is 22.3 Å². The molecule has 1 saturated heterocycles. The van der Waals surface area contributed by atoms with Gasteiger partial charge in [0.05, 0.1) is 29.2 Å². The Hall–Kier alpha value is -2.11. The van der Waals surface area contributed by atoms with E-state index < -0.39 is 34.5 Å². The maximum Gasteiger partial charge on any atom is 0.255 e. The van der Waals surface area contributed by atoms with Crippen molar-refractivity contribution in [1.82, 2.24) is 4.31 Å². The van der Waals surface area contributed by atoms with E-state index in [1.54, 1.807) is 0 Å². The van der Waals surface area contributed by atoms with Crippen LogP contribution in [-0.4, -0.2) is 56.1 Å². The molecule has 2 aromatic rings. The zero-order valence-corrected chi connectivity index (χ0v) is 17.9. The summed E-state index contributed by atoms with van der Waals surface area (Å²) in [6.45, 7) is -0.787. The number of nitrogens with zero attached hydrogens (tertiary/aromatic N) is 1. The molecule has 1 fully saturated rings. The molecule has 7 nitrogen and oxygen atoms in total. The van der Waals surface area contributed by atoms with Gasteiger partial charge in [0.2, 0.25) is 10.0 Å². The molecule has 1 amide bonds. The van der Waals surface area contributed by atoms with Crippen LogP contribution in [0, 0.1) is 5.82 Å². The third-order valence-electron chi connectivity index (χ3n) is 4.78. The molecule has 1 atom stereocenters. The van der Waals surface area contributed by atoms with Crippen LogP contribution in [0.2, 0.25) is 5.02 Å². The Balaban J connectivity index is 1.90. The lowest BCUT2D eigenvalue weighted by atomic mass is 10.1. The summed E-state index contributed by atoms with van der Waals surface area (Å²) in [6, 6.07) is 7.23. The smallest absolute Gasteiger partial charge is 0.255 e. The standard InChI is InChI=1S/C20H21ClF2N2O5S/c21-17-10-15(3-4-18(17)23)24-20(27)13-1-2-14(11-22)19(9-13)31(28,29)25-6-5-16(26)12-30-8-7-25/h1-4,9-10,16,26H,5-8,11-12H2,(H,24,27). The molecule has 3 rings (SSSR count). The van der Waals surface area contributed by atoms with Crippen molar-refractivity contribution in [3.8, 4) is 0 Å². The number of ether oxygens (including phenoxy) is 1. The van der Waals surface area contributed by atoms with Crippen molar-refractivity contribution < 1.29 is 31.8 Å². The van der Waals surface area contributed by atoms with Crippen LogP contribution in [0.4, 0.5) is 14.5 Å². The average molecular weight is 475 g/mol. The number of hydrogen-bond donors (Lipinski definition) is 2. The number of halogens is 3. The van der Waals surface area contributed by atoms with Gasteiger partial charge in [-0.1, -0.05) is 17.7 Å². The number of hydrogen-bond acceptors (Lipinski definition) is 5. The van der Waals surface area contributed by atoms with Crippen molar-refractivity contribution in [3.05, 3.63) is 58.4 Å². The van der Waals surface area contributed by atoms with Crippen LogP contribution in [0.15, 0.2) is 41.3 Å². The lowest BCUT2D eigenvalue weighted by molar-refractivity contribution is 0.0130. The zero-order chi connectivity index (χ0) is 22.6. The fourth-order valence-corrected chi connectivity index (χ4v) is 4.93. The van der Waals surface area contributed by atoms with Gasteiger partial charge >= 0.3 is 0 Å². The highest BCUT2D eigenvalue weighted by atomic mass is 35.5. The number of amides is 1. The molecular weight excluding hydrogens is 454 g/mol. The number of benzene rings is 2. The summed E-state index contributed by atoms with van der Waals surface area (Å²) in [5.41, 5.74) is 0.0923. The Kier molecular flexibility index (Phi) is 7.60. The number of nitrogens with one attached hydrogen (secondary N) is 1. The quantitative estimate of drug-likeness (QED) is 0.694. The summed E-state index contributed by atoms with van der Waals surface area (Å²) in [5, 5.41) is 12.1. The Bertz CT molecular complexity index is 1070. The summed E-state index contributed by atoms with van der Waals surface area (Å²) in [7, 11) is -4.16. The molecule has 0 radical (unpaired) electrons. The van der Waals surface area contributed by atoms with Crippen LogP contribution in [0.5, 0.6) is 0 Å². The molecule has 0 saturated carbocycles. The second kappa shape index (κ2) is 10.0. The molecule has 1 heterocycles. The van der Waals surface area contributed by atoms with E-state index in [0.29, 0.717) is 0 Å². The van der Waals surface area contributed by atoms with Gasteiger partial charge in [-0.05, 0) is 36.8 Å². The molecule has 1 unspecified atom stereocenters. The zero-order valence-electron chi connectivity index (χ0n) is 16.4. The molecule has 0 aliphatic carbocycles. The fraction of sp³-hybridized carbons (Fsp3) is 0.350. The predicted octanol–water partition coefficient (Wildman–Crippen LogP) is 2.97. The lowest BCUT2D eigenvalue weighted by Crippen LogP contribution is -2.39. The second-order valence-corrected chi connectivity index (χ2v) is 9.27. The molecular formula is C20H21ClF2N2O5S. The highest BCUT2D eigenvalue weighted by Gasteiger charge is 2.29. The molecule has 31 heavy (non-hydrogen) atoms. The number of aliphatic hydroxyl groups is 1. The highest BCUT2D eigenvalue weighted by molar-refractivity contribution is 7.89. The van der Waals surface area contributed by atoms with Gasteiger partial charge in [0.25, 0.3) is 5.91 Å². The first-order valence-electron chi connectivity index (χ1n) is 9.43. The molecule has 0 spiro atoms. The number of carbonyl (C=O) groups is 1. The van der Waals surface area contributed by atoms with Crippen molar-refractivity contribution in [2.45, 2.75) is 24.1 Å². The van der Waals surface area contributed by atoms with E-state index in [-0.39, 0.29) is 59.5 Å². The van der Waals surface area contributed by atoms with E-state index in [1.165, 1.54) is 24.3 Å². The Morgan fingerprint density at radius 2 is 2.03 bits per heavy atom. The molecule has 0 aromatic heterocycles. The molecule has 1 aliphatic heterocycles. The van der Waals surface area contributed by atoms with Crippen molar-refractivity contribution in [2.75, 3.05) is 31.6 Å². The van der Waals surface area contributed by atoms with Crippen molar-refractivity contribution in [1.29, 1.82) is 0 Å².